The van der Waals surface area contributed by atoms with Crippen molar-refractivity contribution in [1.29, 1.82) is 0 Å². The summed E-state index contributed by atoms with van der Waals surface area (Å²) >= 11 is 0. The molecule has 2 aromatic heterocycles. The first-order valence-electron chi connectivity index (χ1n) is 13.7. The Balaban J connectivity index is 1.43. The number of fused-ring (bicyclic) bond motifs is 10. The lowest BCUT2D eigenvalue weighted by Gasteiger charge is -2.30. The summed E-state index contributed by atoms with van der Waals surface area (Å²) in [5.41, 5.74) is 2.22. The number of rotatable bonds is 3. The number of pyridine rings is 1. The Morgan fingerprint density at radius 3 is 2.92 bits per heavy atom. The van der Waals surface area contributed by atoms with Gasteiger partial charge in [-0.3, -0.25) is 9.78 Å². The molecule has 8 nitrogen and oxygen atoms in total. The maximum Gasteiger partial charge on any atom is 0.387 e. The molecule has 0 fully saturated rings. The van der Waals surface area contributed by atoms with E-state index in [1.165, 1.54) is 18.2 Å². The van der Waals surface area contributed by atoms with E-state index in [-0.39, 0.29) is 23.3 Å². The number of hydrogen-bond acceptors (Lipinski definition) is 6. The van der Waals surface area contributed by atoms with Gasteiger partial charge in [-0.2, -0.15) is 8.78 Å². The van der Waals surface area contributed by atoms with Crippen molar-refractivity contribution >= 4 is 16.9 Å². The molecule has 2 bridgehead atoms. The molecule has 3 aliphatic rings. The summed E-state index contributed by atoms with van der Waals surface area (Å²) in [5, 5.41) is 10.7. The number of carbonyl (C=O) groups excluding carboxylic acids is 1. The second-order valence-corrected chi connectivity index (χ2v) is 10.0. The molecule has 3 aliphatic heterocycles. The monoisotopic (exact) mass is 521 g/mol. The normalized spacial score (nSPS) is 25.1. The van der Waals surface area contributed by atoms with Gasteiger partial charge in [-0.25, -0.2) is 4.98 Å². The molecule has 5 heterocycles. The Labute approximate surface area is 220 Å². The first kappa shape index (κ1) is 20.0. The van der Waals surface area contributed by atoms with Crippen molar-refractivity contribution in [3.8, 4) is 22.6 Å². The van der Waals surface area contributed by atoms with Gasteiger partial charge in [0.15, 0.2) is 0 Å². The number of carbonyl (C=O) groups is 1. The van der Waals surface area contributed by atoms with Crippen molar-refractivity contribution in [2.45, 2.75) is 44.1 Å². The van der Waals surface area contributed by atoms with Crippen molar-refractivity contribution < 1.29 is 32.3 Å². The Hall–Kier alpha value is -4.05. The number of ether oxygens (including phenoxy) is 2. The van der Waals surface area contributed by atoms with E-state index in [0.717, 1.165) is 16.0 Å². The van der Waals surface area contributed by atoms with E-state index in [0.29, 0.717) is 41.3 Å². The maximum atomic E-state index is 13.6. The van der Waals surface area contributed by atoms with Crippen LogP contribution in [0.2, 0.25) is 0 Å². The minimum absolute atomic E-state index is 0.00137. The number of hydrogen-bond donors (Lipinski definition) is 1. The van der Waals surface area contributed by atoms with Gasteiger partial charge in [0, 0.05) is 46.8 Å². The minimum atomic E-state index is -3.14. The molecular formula is C28H24F2N4O4. The molecule has 4 aromatic rings. The van der Waals surface area contributed by atoms with E-state index in [9.17, 15) is 18.7 Å². The van der Waals surface area contributed by atoms with E-state index < -0.39 is 37.2 Å². The molecule has 2 aromatic carbocycles. The van der Waals surface area contributed by atoms with Crippen LogP contribution in [0.4, 0.5) is 8.78 Å². The Kier molecular flexibility index (Phi) is 4.19. The smallest absolute Gasteiger partial charge is 0.387 e. The van der Waals surface area contributed by atoms with Crippen molar-refractivity contribution in [3.05, 3.63) is 71.3 Å². The summed E-state index contributed by atoms with van der Waals surface area (Å²) in [6.45, 7) is -3.90. The predicted octanol–water partition coefficient (Wildman–Crippen LogP) is 4.81. The number of aliphatic hydroxyl groups is 1. The Bertz CT molecular complexity index is 1740. The van der Waals surface area contributed by atoms with Gasteiger partial charge in [0.25, 0.3) is 5.91 Å². The largest absolute Gasteiger partial charge is 0.491 e. The van der Waals surface area contributed by atoms with Crippen LogP contribution in [0.15, 0.2) is 48.7 Å². The lowest BCUT2D eigenvalue weighted by atomic mass is 9.94. The zero-order valence-corrected chi connectivity index (χ0v) is 20.2. The molecule has 0 aliphatic carbocycles. The van der Waals surface area contributed by atoms with Crippen LogP contribution < -0.4 is 9.47 Å². The van der Waals surface area contributed by atoms with Gasteiger partial charge in [-0.05, 0) is 42.8 Å². The van der Waals surface area contributed by atoms with Crippen LogP contribution in [0.3, 0.4) is 0 Å². The van der Waals surface area contributed by atoms with Gasteiger partial charge in [-0.15, -0.1) is 0 Å². The zero-order valence-electron chi connectivity index (χ0n) is 23.2. The van der Waals surface area contributed by atoms with Crippen LogP contribution in [0, 0.1) is 0 Å². The Morgan fingerprint density at radius 1 is 1.24 bits per heavy atom. The van der Waals surface area contributed by atoms with E-state index in [1.54, 1.807) is 25.3 Å². The van der Waals surface area contributed by atoms with Gasteiger partial charge >= 0.3 is 6.61 Å². The van der Waals surface area contributed by atoms with Crippen molar-refractivity contribution in [1.82, 2.24) is 19.4 Å². The number of nitrogens with zero attached hydrogens (tertiary/aromatic N) is 4. The predicted molar refractivity (Wildman–Crippen MR) is 133 cm³/mol. The van der Waals surface area contributed by atoms with Crippen LogP contribution in [-0.4, -0.2) is 50.6 Å². The number of benzene rings is 2. The molecule has 0 saturated heterocycles. The lowest BCUT2D eigenvalue weighted by molar-refractivity contribution is -0.0507. The van der Waals surface area contributed by atoms with E-state index >= 15 is 0 Å². The SMILES string of the molecule is [2H]C([2H])([2H])N1C(=O)c2cccc(OC(F)F)c2[C@H]2C[C@@H]1c1nc3ccc(-c4cnc5c(c4)OCCC5(C)O)cc3n12. The van der Waals surface area contributed by atoms with Crippen molar-refractivity contribution in [3.63, 3.8) is 0 Å². The van der Waals surface area contributed by atoms with Crippen LogP contribution in [0.5, 0.6) is 11.5 Å². The lowest BCUT2D eigenvalue weighted by Crippen LogP contribution is -2.30. The summed E-state index contributed by atoms with van der Waals surface area (Å²) in [5.74, 6) is -0.135. The maximum absolute atomic E-state index is 13.6. The minimum Gasteiger partial charge on any atom is -0.491 e. The second kappa shape index (κ2) is 7.97. The summed E-state index contributed by atoms with van der Waals surface area (Å²) < 4.78 is 63.8. The molecule has 7 rings (SSSR count). The van der Waals surface area contributed by atoms with Crippen LogP contribution in [0.1, 0.15) is 63.4 Å². The number of alkyl halides is 2. The molecule has 0 radical (unpaired) electrons. The summed E-state index contributed by atoms with van der Waals surface area (Å²) in [4.78, 5) is 23.6. The Morgan fingerprint density at radius 2 is 2.11 bits per heavy atom. The third kappa shape index (κ3) is 3.26. The first-order chi connectivity index (χ1) is 19.4. The van der Waals surface area contributed by atoms with E-state index in [2.05, 4.69) is 4.98 Å². The highest BCUT2D eigenvalue weighted by molar-refractivity contribution is 5.98. The van der Waals surface area contributed by atoms with Gasteiger partial charge in [0.2, 0.25) is 0 Å². The highest BCUT2D eigenvalue weighted by Crippen LogP contribution is 2.50. The quantitative estimate of drug-likeness (QED) is 0.416. The molecule has 0 saturated carbocycles. The van der Waals surface area contributed by atoms with Crippen LogP contribution in [0.25, 0.3) is 22.2 Å². The van der Waals surface area contributed by atoms with Gasteiger partial charge in [0.05, 0.1) is 29.7 Å². The molecule has 0 spiro atoms. The average Bonchev–Trinajstić information content (AvgIpc) is 3.40. The fourth-order valence-electron chi connectivity index (χ4n) is 5.88. The van der Waals surface area contributed by atoms with Crippen molar-refractivity contribution in [2.24, 2.45) is 0 Å². The third-order valence-electron chi connectivity index (χ3n) is 7.69. The molecule has 3 atom stereocenters. The van der Waals surface area contributed by atoms with Crippen molar-refractivity contribution in [2.75, 3.05) is 13.6 Å². The summed E-state index contributed by atoms with van der Waals surface area (Å²) in [6.07, 6.45) is 2.20. The molecule has 10 heteroatoms. The standard InChI is InChI=1S/C28H24F2N4O4/c1-28(36)8-9-37-22-11-15(13-31-24(22)28)14-6-7-17-18(10-14)34-19-12-20(25(34)32-17)33(2)26(35)16-4-3-5-21(23(16)19)38-27(29)30/h3-7,10-11,13,19-20,27,36H,8-9,12H2,1-2H3/t19-,20-,28?/m1/s1/i2D3. The molecule has 194 valence electrons. The number of aromatic nitrogens is 3. The van der Waals surface area contributed by atoms with Gasteiger partial charge in [-0.1, -0.05) is 12.1 Å². The van der Waals surface area contributed by atoms with Gasteiger partial charge < -0.3 is 24.0 Å². The zero-order chi connectivity index (χ0) is 28.8. The summed E-state index contributed by atoms with van der Waals surface area (Å²) in [6, 6.07) is 9.89. The number of amides is 1. The van der Waals surface area contributed by atoms with E-state index in [4.69, 9.17) is 18.6 Å². The molecular weight excluding hydrogens is 494 g/mol. The molecule has 1 amide bonds. The fraction of sp³-hybridized carbons (Fsp3) is 0.321. The number of halogens is 2. The fourth-order valence-corrected chi connectivity index (χ4v) is 5.88. The second-order valence-electron chi connectivity index (χ2n) is 10.0. The molecule has 38 heavy (non-hydrogen) atoms. The highest BCUT2D eigenvalue weighted by atomic mass is 19.3. The number of imidazole rings is 1. The molecule has 1 unspecified atom stereocenters. The van der Waals surface area contributed by atoms with Crippen LogP contribution in [-0.2, 0) is 5.60 Å². The average molecular weight is 522 g/mol. The van der Waals surface area contributed by atoms with Crippen LogP contribution >= 0.6 is 0 Å². The van der Waals surface area contributed by atoms with E-state index in [1.807, 2.05) is 16.7 Å². The molecule has 1 N–H and O–H groups in total. The topological polar surface area (TPSA) is 89.7 Å². The first-order valence-corrected chi connectivity index (χ1v) is 12.2. The summed E-state index contributed by atoms with van der Waals surface area (Å²) in [7, 11) is 0. The highest BCUT2D eigenvalue weighted by Gasteiger charge is 2.45. The third-order valence-corrected chi connectivity index (χ3v) is 7.69. The van der Waals surface area contributed by atoms with Gasteiger partial charge in [0.1, 0.15) is 28.6 Å².